The number of carbonyl (C=O) groups excluding carboxylic acids is 1. The van der Waals surface area contributed by atoms with Gasteiger partial charge in [0.25, 0.3) is 0 Å². The van der Waals surface area contributed by atoms with Gasteiger partial charge in [-0.2, -0.15) is 5.10 Å². The Morgan fingerprint density at radius 3 is 2.64 bits per heavy atom. The summed E-state index contributed by atoms with van der Waals surface area (Å²) in [5.41, 5.74) is 0.448. The van der Waals surface area contributed by atoms with Crippen molar-refractivity contribution in [1.82, 2.24) is 25.1 Å². The third kappa shape index (κ3) is 3.08. The maximum Gasteiger partial charge on any atom is 0.410 e. The summed E-state index contributed by atoms with van der Waals surface area (Å²) in [6, 6.07) is 3.72. The van der Waals surface area contributed by atoms with Gasteiger partial charge in [0.1, 0.15) is 11.4 Å². The Hall–Kier alpha value is -2.44. The van der Waals surface area contributed by atoms with Gasteiger partial charge in [0.2, 0.25) is 0 Å². The highest BCUT2D eigenvalue weighted by molar-refractivity contribution is 5.69. The minimum absolute atomic E-state index is 0.176. The maximum absolute atomic E-state index is 11.9. The normalized spacial score (nSPS) is 15.5. The van der Waals surface area contributed by atoms with Crippen LogP contribution in [0.1, 0.15) is 32.5 Å². The first kappa shape index (κ1) is 14.5. The van der Waals surface area contributed by atoms with Crippen molar-refractivity contribution in [2.75, 3.05) is 13.1 Å². The number of pyridine rings is 1. The Labute approximate surface area is 128 Å². The van der Waals surface area contributed by atoms with E-state index in [0.29, 0.717) is 18.9 Å². The first-order chi connectivity index (χ1) is 10.4. The lowest BCUT2D eigenvalue weighted by molar-refractivity contribution is 0.00755. The summed E-state index contributed by atoms with van der Waals surface area (Å²) in [6.45, 7) is 6.78. The molecule has 116 valence electrons. The molecule has 3 rings (SSSR count). The minimum Gasteiger partial charge on any atom is -0.444 e. The Balaban J connectivity index is 1.60. The van der Waals surface area contributed by atoms with Crippen LogP contribution in [-0.4, -0.2) is 49.8 Å². The topological polar surface area (TPSA) is 84.0 Å². The van der Waals surface area contributed by atoms with E-state index in [1.807, 2.05) is 32.9 Å². The standard InChI is InChI=1S/C15H19N5O2/c1-15(2,3)22-14(21)20-8-11(9-20)13-17-12(18-19-13)10-4-6-16-7-5-10/h4-7,11H,8-9H2,1-3H3,(H,17,18,19). The van der Waals surface area contributed by atoms with Crippen molar-refractivity contribution in [2.24, 2.45) is 0 Å². The zero-order valence-corrected chi connectivity index (χ0v) is 12.9. The average Bonchev–Trinajstić information content (AvgIpc) is 2.85. The lowest BCUT2D eigenvalue weighted by Crippen LogP contribution is -2.50. The molecule has 1 aliphatic heterocycles. The van der Waals surface area contributed by atoms with Gasteiger partial charge in [-0.15, -0.1) is 0 Å². The van der Waals surface area contributed by atoms with Crippen LogP contribution in [0.3, 0.4) is 0 Å². The molecule has 1 fully saturated rings. The van der Waals surface area contributed by atoms with Crippen LogP contribution in [-0.2, 0) is 4.74 Å². The predicted molar refractivity (Wildman–Crippen MR) is 80.2 cm³/mol. The molecule has 0 saturated carbocycles. The molecular formula is C15H19N5O2. The molecule has 1 amide bonds. The van der Waals surface area contributed by atoms with Crippen LogP contribution < -0.4 is 0 Å². The van der Waals surface area contributed by atoms with E-state index in [0.717, 1.165) is 11.4 Å². The molecule has 22 heavy (non-hydrogen) atoms. The van der Waals surface area contributed by atoms with Crippen LogP contribution in [0.2, 0.25) is 0 Å². The third-order valence-electron chi connectivity index (χ3n) is 3.36. The second-order valence-electron chi connectivity index (χ2n) is 6.36. The molecule has 0 aromatic carbocycles. The second-order valence-corrected chi connectivity index (χ2v) is 6.36. The molecule has 7 nitrogen and oxygen atoms in total. The molecule has 0 unspecified atom stereocenters. The van der Waals surface area contributed by atoms with Gasteiger partial charge in [-0.25, -0.2) is 9.78 Å². The monoisotopic (exact) mass is 301 g/mol. The van der Waals surface area contributed by atoms with Crippen molar-refractivity contribution in [3.8, 4) is 11.4 Å². The fraction of sp³-hybridized carbons (Fsp3) is 0.467. The van der Waals surface area contributed by atoms with E-state index in [2.05, 4.69) is 20.2 Å². The molecule has 1 aliphatic rings. The lowest BCUT2D eigenvalue weighted by Gasteiger charge is -2.38. The minimum atomic E-state index is -0.469. The van der Waals surface area contributed by atoms with Crippen LogP contribution in [0.4, 0.5) is 4.79 Å². The number of likely N-dealkylation sites (tertiary alicyclic amines) is 1. The van der Waals surface area contributed by atoms with E-state index in [-0.39, 0.29) is 12.0 Å². The summed E-state index contributed by atoms with van der Waals surface area (Å²) in [7, 11) is 0. The van der Waals surface area contributed by atoms with Gasteiger partial charge in [-0.3, -0.25) is 10.1 Å². The zero-order valence-electron chi connectivity index (χ0n) is 12.9. The highest BCUT2D eigenvalue weighted by atomic mass is 16.6. The van der Waals surface area contributed by atoms with Crippen LogP contribution in [0.15, 0.2) is 24.5 Å². The van der Waals surface area contributed by atoms with Gasteiger partial charge < -0.3 is 9.64 Å². The summed E-state index contributed by atoms with van der Waals surface area (Å²) >= 11 is 0. The molecule has 0 atom stereocenters. The summed E-state index contributed by atoms with van der Waals surface area (Å²) < 4.78 is 5.33. The molecule has 0 aliphatic carbocycles. The summed E-state index contributed by atoms with van der Waals surface area (Å²) in [4.78, 5) is 22.0. The van der Waals surface area contributed by atoms with Crippen molar-refractivity contribution in [1.29, 1.82) is 0 Å². The maximum atomic E-state index is 11.9. The molecule has 2 aromatic rings. The van der Waals surface area contributed by atoms with Gasteiger partial charge in [0.05, 0.1) is 5.92 Å². The van der Waals surface area contributed by atoms with Crippen LogP contribution >= 0.6 is 0 Å². The molecule has 1 saturated heterocycles. The first-order valence-electron chi connectivity index (χ1n) is 7.23. The first-order valence-corrected chi connectivity index (χ1v) is 7.23. The van der Waals surface area contributed by atoms with Crippen molar-refractivity contribution in [3.63, 3.8) is 0 Å². The number of hydrogen-bond acceptors (Lipinski definition) is 5. The van der Waals surface area contributed by atoms with Gasteiger partial charge in [0.15, 0.2) is 5.82 Å². The van der Waals surface area contributed by atoms with Gasteiger partial charge in [0, 0.05) is 31.0 Å². The zero-order chi connectivity index (χ0) is 15.7. The quantitative estimate of drug-likeness (QED) is 0.919. The Bertz CT molecular complexity index is 656. The number of rotatable bonds is 2. The molecule has 3 heterocycles. The SMILES string of the molecule is CC(C)(C)OC(=O)N1CC(c2nc(-c3ccncc3)n[nH]2)C1. The van der Waals surface area contributed by atoms with E-state index in [1.165, 1.54) is 0 Å². The highest BCUT2D eigenvalue weighted by Gasteiger charge is 2.36. The number of aromatic nitrogens is 4. The molecule has 7 heteroatoms. The Morgan fingerprint density at radius 1 is 1.32 bits per heavy atom. The number of hydrogen-bond donors (Lipinski definition) is 1. The van der Waals surface area contributed by atoms with Crippen molar-refractivity contribution < 1.29 is 9.53 Å². The number of amides is 1. The van der Waals surface area contributed by atoms with Gasteiger partial charge in [-0.05, 0) is 32.9 Å². The van der Waals surface area contributed by atoms with Crippen LogP contribution in [0.5, 0.6) is 0 Å². The number of nitrogens with zero attached hydrogens (tertiary/aromatic N) is 4. The summed E-state index contributed by atoms with van der Waals surface area (Å²) in [6.07, 6.45) is 3.13. The lowest BCUT2D eigenvalue weighted by atomic mass is 10.0. The van der Waals surface area contributed by atoms with Crippen molar-refractivity contribution in [2.45, 2.75) is 32.3 Å². The van der Waals surface area contributed by atoms with Crippen molar-refractivity contribution in [3.05, 3.63) is 30.4 Å². The number of ether oxygens (including phenoxy) is 1. The highest BCUT2D eigenvalue weighted by Crippen LogP contribution is 2.27. The smallest absolute Gasteiger partial charge is 0.410 e. The molecule has 0 bridgehead atoms. The van der Waals surface area contributed by atoms with E-state index >= 15 is 0 Å². The average molecular weight is 301 g/mol. The largest absolute Gasteiger partial charge is 0.444 e. The molecular weight excluding hydrogens is 282 g/mol. The van der Waals surface area contributed by atoms with E-state index in [4.69, 9.17) is 4.74 Å². The third-order valence-corrected chi connectivity index (χ3v) is 3.36. The Morgan fingerprint density at radius 2 is 2.00 bits per heavy atom. The molecule has 0 radical (unpaired) electrons. The summed E-state index contributed by atoms with van der Waals surface area (Å²) in [5, 5.41) is 7.17. The predicted octanol–water partition coefficient (Wildman–Crippen LogP) is 2.20. The van der Waals surface area contributed by atoms with E-state index < -0.39 is 5.60 Å². The van der Waals surface area contributed by atoms with E-state index in [1.54, 1.807) is 17.3 Å². The van der Waals surface area contributed by atoms with Gasteiger partial charge in [-0.1, -0.05) is 0 Å². The van der Waals surface area contributed by atoms with Crippen LogP contribution in [0, 0.1) is 0 Å². The molecule has 1 N–H and O–H groups in total. The number of carbonyl (C=O) groups is 1. The number of nitrogens with one attached hydrogen (secondary N) is 1. The van der Waals surface area contributed by atoms with Gasteiger partial charge >= 0.3 is 6.09 Å². The van der Waals surface area contributed by atoms with Crippen LogP contribution in [0.25, 0.3) is 11.4 Å². The van der Waals surface area contributed by atoms with Crippen molar-refractivity contribution >= 4 is 6.09 Å². The fourth-order valence-electron chi connectivity index (χ4n) is 2.21. The number of H-pyrrole nitrogens is 1. The fourth-order valence-corrected chi connectivity index (χ4v) is 2.21. The Kier molecular flexibility index (Phi) is 3.56. The molecule has 2 aromatic heterocycles. The molecule has 0 spiro atoms. The van der Waals surface area contributed by atoms with E-state index in [9.17, 15) is 4.79 Å². The summed E-state index contributed by atoms with van der Waals surface area (Å²) in [5.74, 6) is 1.62. The number of aromatic amines is 1. The second kappa shape index (κ2) is 5.40.